The SMILES string of the molecule is C#CC(OC(=O)C(C(C)C)C(C=C(Cl)Cl)C(C)C)c1cccc(Oc2ccccc2)n1. The summed E-state index contributed by atoms with van der Waals surface area (Å²) in [7, 11) is 0. The summed E-state index contributed by atoms with van der Waals surface area (Å²) in [4.78, 5) is 17.6. The molecule has 2 rings (SSSR count). The lowest BCUT2D eigenvalue weighted by atomic mass is 9.77. The van der Waals surface area contributed by atoms with Crippen LogP contribution < -0.4 is 4.74 Å². The van der Waals surface area contributed by atoms with Gasteiger partial charge in [0.05, 0.1) is 11.6 Å². The summed E-state index contributed by atoms with van der Waals surface area (Å²) in [5.41, 5.74) is 0.416. The lowest BCUT2D eigenvalue weighted by Gasteiger charge is -2.30. The Bertz CT molecular complexity index is 931. The van der Waals surface area contributed by atoms with Crippen LogP contribution in [0, 0.1) is 36.0 Å². The third-order valence-corrected chi connectivity index (χ3v) is 5.11. The molecule has 0 aliphatic rings. The van der Waals surface area contributed by atoms with E-state index in [1.807, 2.05) is 58.0 Å². The molecule has 0 aliphatic heterocycles. The van der Waals surface area contributed by atoms with Gasteiger partial charge < -0.3 is 9.47 Å². The van der Waals surface area contributed by atoms with E-state index < -0.39 is 18.0 Å². The molecule has 0 amide bonds. The van der Waals surface area contributed by atoms with Gasteiger partial charge in [0, 0.05) is 6.07 Å². The second kappa shape index (κ2) is 11.8. The molecule has 3 unspecified atom stereocenters. The quantitative estimate of drug-likeness (QED) is 0.300. The van der Waals surface area contributed by atoms with E-state index in [4.69, 9.17) is 39.1 Å². The van der Waals surface area contributed by atoms with E-state index in [9.17, 15) is 4.79 Å². The van der Waals surface area contributed by atoms with E-state index in [-0.39, 0.29) is 22.2 Å². The smallest absolute Gasteiger partial charge is 0.311 e. The Morgan fingerprint density at radius 2 is 1.71 bits per heavy atom. The normalized spacial score (nSPS) is 13.8. The van der Waals surface area contributed by atoms with Crippen molar-refractivity contribution in [2.45, 2.75) is 33.8 Å². The van der Waals surface area contributed by atoms with Gasteiger partial charge in [-0.25, -0.2) is 4.98 Å². The minimum Gasteiger partial charge on any atom is -0.442 e. The van der Waals surface area contributed by atoms with E-state index in [2.05, 4.69) is 10.9 Å². The van der Waals surface area contributed by atoms with Crippen molar-refractivity contribution in [3.63, 3.8) is 0 Å². The number of benzene rings is 1. The monoisotopic (exact) mass is 459 g/mol. The molecule has 0 bridgehead atoms. The van der Waals surface area contributed by atoms with Crippen LogP contribution in [0.3, 0.4) is 0 Å². The molecule has 1 aromatic heterocycles. The summed E-state index contributed by atoms with van der Waals surface area (Å²) >= 11 is 11.8. The minimum atomic E-state index is -0.948. The number of rotatable bonds is 9. The molecule has 0 fully saturated rings. The van der Waals surface area contributed by atoms with Crippen LogP contribution in [-0.4, -0.2) is 11.0 Å². The first-order valence-corrected chi connectivity index (χ1v) is 10.9. The predicted octanol–water partition coefficient (Wildman–Crippen LogP) is 6.95. The highest BCUT2D eigenvalue weighted by atomic mass is 35.5. The Labute approximate surface area is 194 Å². The van der Waals surface area contributed by atoms with Gasteiger partial charge in [-0.3, -0.25) is 4.79 Å². The minimum absolute atomic E-state index is 0.0111. The third-order valence-electron chi connectivity index (χ3n) is 4.86. The molecule has 6 heteroatoms. The van der Waals surface area contributed by atoms with Crippen molar-refractivity contribution in [3.05, 3.63) is 64.8 Å². The largest absolute Gasteiger partial charge is 0.442 e. The number of carbonyl (C=O) groups is 1. The number of ether oxygens (including phenoxy) is 2. The highest BCUT2D eigenvalue weighted by Gasteiger charge is 2.35. The second-order valence-electron chi connectivity index (χ2n) is 7.85. The first-order valence-electron chi connectivity index (χ1n) is 10.1. The molecule has 0 N–H and O–H groups in total. The maximum Gasteiger partial charge on any atom is 0.311 e. The van der Waals surface area contributed by atoms with Gasteiger partial charge in [0.1, 0.15) is 10.2 Å². The molecule has 2 aromatic rings. The molecule has 1 heterocycles. The van der Waals surface area contributed by atoms with Crippen molar-refractivity contribution in [1.29, 1.82) is 0 Å². The number of pyridine rings is 1. The molecule has 0 spiro atoms. The lowest BCUT2D eigenvalue weighted by molar-refractivity contribution is -0.155. The molecule has 0 saturated carbocycles. The van der Waals surface area contributed by atoms with Gasteiger partial charge in [0.2, 0.25) is 12.0 Å². The Balaban J connectivity index is 2.24. The fraction of sp³-hybridized carbons (Fsp3) is 0.360. The van der Waals surface area contributed by atoms with Crippen molar-refractivity contribution < 1.29 is 14.3 Å². The van der Waals surface area contributed by atoms with E-state index in [0.717, 1.165) is 0 Å². The summed E-state index contributed by atoms with van der Waals surface area (Å²) in [6, 6.07) is 14.4. The number of hydrogen-bond donors (Lipinski definition) is 0. The van der Waals surface area contributed by atoms with Crippen LogP contribution in [0.1, 0.15) is 39.5 Å². The molecule has 4 nitrogen and oxygen atoms in total. The number of hydrogen-bond acceptors (Lipinski definition) is 4. The molecule has 0 aliphatic carbocycles. The van der Waals surface area contributed by atoms with Crippen molar-refractivity contribution in [3.8, 4) is 24.0 Å². The van der Waals surface area contributed by atoms with E-state index in [0.29, 0.717) is 17.3 Å². The van der Waals surface area contributed by atoms with Crippen LogP contribution in [0.5, 0.6) is 11.6 Å². The molecule has 0 radical (unpaired) electrons. The second-order valence-corrected chi connectivity index (χ2v) is 8.85. The number of carbonyl (C=O) groups excluding carboxylic acids is 1. The van der Waals surface area contributed by atoms with Gasteiger partial charge in [0.15, 0.2) is 0 Å². The van der Waals surface area contributed by atoms with E-state index in [1.54, 1.807) is 24.3 Å². The zero-order chi connectivity index (χ0) is 23.0. The van der Waals surface area contributed by atoms with Crippen LogP contribution in [0.25, 0.3) is 0 Å². The lowest BCUT2D eigenvalue weighted by Crippen LogP contribution is -2.33. The summed E-state index contributed by atoms with van der Waals surface area (Å²) in [6.07, 6.45) is 6.43. The van der Waals surface area contributed by atoms with Crippen LogP contribution >= 0.6 is 23.2 Å². The van der Waals surface area contributed by atoms with Crippen LogP contribution in [0.2, 0.25) is 0 Å². The van der Waals surface area contributed by atoms with Gasteiger partial charge in [-0.2, -0.15) is 0 Å². The Morgan fingerprint density at radius 3 is 2.26 bits per heavy atom. The number of para-hydroxylation sites is 1. The summed E-state index contributed by atoms with van der Waals surface area (Å²) in [5.74, 6) is 2.55. The van der Waals surface area contributed by atoms with Gasteiger partial charge in [-0.15, -0.1) is 6.42 Å². The fourth-order valence-corrected chi connectivity index (χ4v) is 3.64. The number of aromatic nitrogens is 1. The standard InChI is InChI=1S/C25H27Cl2NO3/c1-6-21(20-13-10-14-23(28-20)30-18-11-8-7-9-12-18)31-25(29)24(17(4)5)19(16(2)3)15-22(26)27/h1,7-17,19,21,24H,2-5H3. The zero-order valence-electron chi connectivity index (χ0n) is 18.1. The topological polar surface area (TPSA) is 48.4 Å². The average molecular weight is 460 g/mol. The average Bonchev–Trinajstić information content (AvgIpc) is 2.71. The summed E-state index contributed by atoms with van der Waals surface area (Å²) in [5, 5.41) is 0. The molecule has 31 heavy (non-hydrogen) atoms. The van der Waals surface area contributed by atoms with E-state index >= 15 is 0 Å². The molecule has 1 aromatic carbocycles. The van der Waals surface area contributed by atoms with Gasteiger partial charge in [-0.1, -0.05) is 81.1 Å². The first-order chi connectivity index (χ1) is 14.7. The van der Waals surface area contributed by atoms with Crippen molar-refractivity contribution in [2.75, 3.05) is 0 Å². The fourth-order valence-electron chi connectivity index (χ4n) is 3.35. The van der Waals surface area contributed by atoms with Crippen LogP contribution in [0.15, 0.2) is 59.1 Å². The molecule has 0 saturated heterocycles. The maximum atomic E-state index is 13.1. The zero-order valence-corrected chi connectivity index (χ0v) is 19.6. The van der Waals surface area contributed by atoms with Crippen molar-refractivity contribution in [2.24, 2.45) is 23.7 Å². The van der Waals surface area contributed by atoms with E-state index in [1.165, 1.54) is 0 Å². The number of nitrogens with zero attached hydrogens (tertiary/aromatic N) is 1. The number of terminal acetylenes is 1. The maximum absolute atomic E-state index is 13.1. The first kappa shape index (κ1) is 24.8. The van der Waals surface area contributed by atoms with Gasteiger partial charge >= 0.3 is 5.97 Å². The molecular weight excluding hydrogens is 433 g/mol. The predicted molar refractivity (Wildman–Crippen MR) is 125 cm³/mol. The van der Waals surface area contributed by atoms with Gasteiger partial charge in [0.25, 0.3) is 0 Å². The number of allylic oxidation sites excluding steroid dienone is 1. The number of esters is 1. The van der Waals surface area contributed by atoms with Crippen LogP contribution in [-0.2, 0) is 9.53 Å². The third kappa shape index (κ3) is 7.31. The highest BCUT2D eigenvalue weighted by Crippen LogP contribution is 2.33. The Hall–Kier alpha value is -2.48. The van der Waals surface area contributed by atoms with Crippen LogP contribution in [0.4, 0.5) is 0 Å². The molecule has 3 atom stereocenters. The summed E-state index contributed by atoms with van der Waals surface area (Å²) < 4.78 is 11.6. The molecular formula is C25H27Cl2NO3. The van der Waals surface area contributed by atoms with Crippen molar-refractivity contribution in [1.82, 2.24) is 4.98 Å². The molecule has 164 valence electrons. The van der Waals surface area contributed by atoms with Crippen molar-refractivity contribution >= 4 is 29.2 Å². The number of halogens is 2. The highest BCUT2D eigenvalue weighted by molar-refractivity contribution is 6.55. The summed E-state index contributed by atoms with van der Waals surface area (Å²) in [6.45, 7) is 7.92. The Kier molecular flexibility index (Phi) is 9.43. The Morgan fingerprint density at radius 1 is 1.03 bits per heavy atom. The van der Waals surface area contributed by atoms with Gasteiger partial charge in [-0.05, 0) is 42.0 Å².